The first kappa shape index (κ1) is 12.2. The largest absolute Gasteiger partial charge is 0.472 e. The van der Waals surface area contributed by atoms with E-state index in [9.17, 15) is 0 Å². The average molecular weight is 213 g/mol. The molecule has 1 N–H and O–H groups in total. The predicted molar refractivity (Wildman–Crippen MR) is 57.8 cm³/mol. The lowest BCUT2D eigenvalue weighted by Crippen LogP contribution is -2.23. The summed E-state index contributed by atoms with van der Waals surface area (Å²) >= 11 is 0. The summed E-state index contributed by atoms with van der Waals surface area (Å²) in [5, 5.41) is 3.34. The third-order valence-electron chi connectivity index (χ3n) is 2.17. The van der Waals surface area contributed by atoms with E-state index in [4.69, 9.17) is 13.9 Å². The fourth-order valence-corrected chi connectivity index (χ4v) is 1.23. The molecule has 0 spiro atoms. The minimum Gasteiger partial charge on any atom is -0.472 e. The molecule has 1 aromatic heterocycles. The quantitative estimate of drug-likeness (QED) is 0.666. The number of furan rings is 1. The molecule has 1 rings (SSSR count). The zero-order valence-corrected chi connectivity index (χ0v) is 9.36. The summed E-state index contributed by atoms with van der Waals surface area (Å²) < 4.78 is 15.2. The first-order valence-corrected chi connectivity index (χ1v) is 5.16. The number of hydrogen-bond acceptors (Lipinski definition) is 4. The van der Waals surface area contributed by atoms with Gasteiger partial charge < -0.3 is 19.2 Å². The van der Waals surface area contributed by atoms with Crippen LogP contribution >= 0.6 is 0 Å². The van der Waals surface area contributed by atoms with Crippen LogP contribution in [0.2, 0.25) is 0 Å². The lowest BCUT2D eigenvalue weighted by molar-refractivity contribution is 0.0712. The van der Waals surface area contributed by atoms with Gasteiger partial charge in [0.2, 0.25) is 0 Å². The Balaban J connectivity index is 2.00. The average Bonchev–Trinajstić information content (AvgIpc) is 2.76. The minimum atomic E-state index is 0.301. The lowest BCUT2D eigenvalue weighted by atomic mass is 10.2. The highest BCUT2D eigenvalue weighted by molar-refractivity contribution is 5.09. The molecule has 0 radical (unpaired) electrons. The third-order valence-corrected chi connectivity index (χ3v) is 2.17. The van der Waals surface area contributed by atoms with Gasteiger partial charge in [0, 0.05) is 25.3 Å². The Kier molecular flexibility index (Phi) is 6.08. The van der Waals surface area contributed by atoms with Gasteiger partial charge in [-0.1, -0.05) is 0 Å². The second-order valence-electron chi connectivity index (χ2n) is 3.34. The van der Waals surface area contributed by atoms with Crippen LogP contribution in [0.4, 0.5) is 0 Å². The Labute approximate surface area is 90.6 Å². The van der Waals surface area contributed by atoms with Crippen molar-refractivity contribution < 1.29 is 13.9 Å². The van der Waals surface area contributed by atoms with Gasteiger partial charge in [-0.25, -0.2) is 0 Å². The van der Waals surface area contributed by atoms with Crippen molar-refractivity contribution in [2.24, 2.45) is 0 Å². The van der Waals surface area contributed by atoms with Crippen LogP contribution in [-0.4, -0.2) is 33.5 Å². The van der Waals surface area contributed by atoms with Crippen LogP contribution in [0.1, 0.15) is 18.5 Å². The molecule has 0 aliphatic rings. The maximum Gasteiger partial charge on any atom is 0.0950 e. The zero-order valence-electron chi connectivity index (χ0n) is 9.36. The topological polar surface area (TPSA) is 43.6 Å². The molecule has 0 aliphatic carbocycles. The molecule has 0 saturated heterocycles. The van der Waals surface area contributed by atoms with Gasteiger partial charge >= 0.3 is 0 Å². The Morgan fingerprint density at radius 3 is 2.93 bits per heavy atom. The fourth-order valence-electron chi connectivity index (χ4n) is 1.23. The normalized spacial score (nSPS) is 12.9. The van der Waals surface area contributed by atoms with E-state index in [1.54, 1.807) is 19.6 Å². The van der Waals surface area contributed by atoms with E-state index in [1.807, 2.05) is 6.07 Å². The van der Waals surface area contributed by atoms with Crippen molar-refractivity contribution in [3.05, 3.63) is 24.2 Å². The van der Waals surface area contributed by atoms with Crippen LogP contribution in [0.15, 0.2) is 23.0 Å². The van der Waals surface area contributed by atoms with Crippen LogP contribution in [0, 0.1) is 0 Å². The van der Waals surface area contributed by atoms with Gasteiger partial charge in [0.05, 0.1) is 32.3 Å². The molecule has 86 valence electrons. The van der Waals surface area contributed by atoms with Crippen molar-refractivity contribution in [1.29, 1.82) is 0 Å². The third kappa shape index (κ3) is 4.97. The Bertz CT molecular complexity index is 236. The van der Waals surface area contributed by atoms with Crippen molar-refractivity contribution in [2.45, 2.75) is 13.0 Å². The summed E-state index contributed by atoms with van der Waals surface area (Å²) in [5.41, 5.74) is 1.16. The highest BCUT2D eigenvalue weighted by Gasteiger charge is 2.04. The van der Waals surface area contributed by atoms with Crippen molar-refractivity contribution >= 4 is 0 Å². The van der Waals surface area contributed by atoms with E-state index in [0.717, 1.165) is 12.1 Å². The Hall–Kier alpha value is -0.840. The standard InChI is InChI=1S/C11H19NO3/c1-10(11-3-5-15-9-11)12-4-6-14-8-7-13-2/h3,5,9-10,12H,4,6-8H2,1-2H3. The molecule has 0 saturated carbocycles. The number of nitrogens with one attached hydrogen (secondary N) is 1. The molecule has 0 fully saturated rings. The first-order chi connectivity index (χ1) is 7.34. The number of rotatable bonds is 8. The van der Waals surface area contributed by atoms with Gasteiger partial charge in [-0.15, -0.1) is 0 Å². The second-order valence-corrected chi connectivity index (χ2v) is 3.34. The Morgan fingerprint density at radius 2 is 2.27 bits per heavy atom. The highest BCUT2D eigenvalue weighted by atomic mass is 16.5. The van der Waals surface area contributed by atoms with Crippen LogP contribution in [0.3, 0.4) is 0 Å². The molecule has 4 heteroatoms. The van der Waals surface area contributed by atoms with Crippen LogP contribution in [0.5, 0.6) is 0 Å². The van der Waals surface area contributed by atoms with Gasteiger partial charge in [0.15, 0.2) is 0 Å². The van der Waals surface area contributed by atoms with Crippen LogP contribution < -0.4 is 5.32 Å². The first-order valence-electron chi connectivity index (χ1n) is 5.16. The van der Waals surface area contributed by atoms with E-state index in [2.05, 4.69) is 12.2 Å². The van der Waals surface area contributed by atoms with E-state index < -0.39 is 0 Å². The molecular formula is C11H19NO3. The maximum atomic E-state index is 5.33. The van der Waals surface area contributed by atoms with Gasteiger partial charge in [-0.3, -0.25) is 0 Å². The second kappa shape index (κ2) is 7.45. The van der Waals surface area contributed by atoms with E-state index in [0.29, 0.717) is 25.9 Å². The van der Waals surface area contributed by atoms with E-state index in [1.165, 1.54) is 0 Å². The lowest BCUT2D eigenvalue weighted by Gasteiger charge is -2.11. The number of ether oxygens (including phenoxy) is 2. The van der Waals surface area contributed by atoms with Crippen LogP contribution in [0.25, 0.3) is 0 Å². The molecule has 15 heavy (non-hydrogen) atoms. The van der Waals surface area contributed by atoms with Gasteiger partial charge in [0.25, 0.3) is 0 Å². The summed E-state index contributed by atoms with van der Waals surface area (Å²) in [6.45, 7) is 4.93. The molecule has 0 aliphatic heterocycles. The monoisotopic (exact) mass is 213 g/mol. The molecule has 1 unspecified atom stereocenters. The smallest absolute Gasteiger partial charge is 0.0950 e. The molecule has 0 aromatic carbocycles. The van der Waals surface area contributed by atoms with Crippen molar-refractivity contribution in [3.63, 3.8) is 0 Å². The number of hydrogen-bond donors (Lipinski definition) is 1. The van der Waals surface area contributed by atoms with Crippen molar-refractivity contribution in [3.8, 4) is 0 Å². The summed E-state index contributed by atoms with van der Waals surface area (Å²) in [7, 11) is 1.67. The SMILES string of the molecule is COCCOCCNC(C)c1ccoc1. The molecular weight excluding hydrogens is 194 g/mol. The summed E-state index contributed by atoms with van der Waals surface area (Å²) in [4.78, 5) is 0. The zero-order chi connectivity index (χ0) is 10.9. The maximum absolute atomic E-state index is 5.33. The Morgan fingerprint density at radius 1 is 1.40 bits per heavy atom. The molecule has 1 heterocycles. The van der Waals surface area contributed by atoms with E-state index in [-0.39, 0.29) is 0 Å². The van der Waals surface area contributed by atoms with E-state index >= 15 is 0 Å². The molecule has 1 aromatic rings. The van der Waals surface area contributed by atoms with Gasteiger partial charge in [-0.05, 0) is 13.0 Å². The van der Waals surface area contributed by atoms with Crippen LogP contribution in [-0.2, 0) is 9.47 Å². The molecule has 0 amide bonds. The molecule has 4 nitrogen and oxygen atoms in total. The van der Waals surface area contributed by atoms with Crippen molar-refractivity contribution in [2.75, 3.05) is 33.5 Å². The summed E-state index contributed by atoms with van der Waals surface area (Å²) in [6, 6.07) is 2.26. The fraction of sp³-hybridized carbons (Fsp3) is 0.636. The van der Waals surface area contributed by atoms with Crippen molar-refractivity contribution in [1.82, 2.24) is 5.32 Å². The summed E-state index contributed by atoms with van der Waals surface area (Å²) in [5.74, 6) is 0. The highest BCUT2D eigenvalue weighted by Crippen LogP contribution is 2.11. The predicted octanol–water partition coefficient (Wildman–Crippen LogP) is 1.59. The summed E-state index contributed by atoms with van der Waals surface area (Å²) in [6.07, 6.45) is 3.44. The van der Waals surface area contributed by atoms with Gasteiger partial charge in [-0.2, -0.15) is 0 Å². The minimum absolute atomic E-state index is 0.301. The molecule has 0 bridgehead atoms. The van der Waals surface area contributed by atoms with Gasteiger partial charge in [0.1, 0.15) is 0 Å². The molecule has 1 atom stereocenters. The number of methoxy groups -OCH3 is 1.